The van der Waals surface area contributed by atoms with Crippen LogP contribution in [0.5, 0.6) is 5.75 Å². The lowest BCUT2D eigenvalue weighted by Crippen LogP contribution is -1.93. The van der Waals surface area contributed by atoms with E-state index in [9.17, 15) is 0 Å². The maximum Gasteiger partial charge on any atom is 0.199 e. The minimum atomic E-state index is 0.506. The molecule has 2 N–H and O–H groups in total. The van der Waals surface area contributed by atoms with E-state index in [-0.39, 0.29) is 0 Å². The van der Waals surface area contributed by atoms with Crippen LogP contribution >= 0.6 is 0 Å². The average molecular weight is 255 g/mol. The Balaban J connectivity index is 1.90. The second kappa shape index (κ2) is 4.61. The minimum Gasteiger partial charge on any atom is -0.497 e. The van der Waals surface area contributed by atoms with E-state index in [0.29, 0.717) is 18.1 Å². The monoisotopic (exact) mass is 255 g/mol. The summed E-state index contributed by atoms with van der Waals surface area (Å²) in [4.78, 5) is 8.47. The highest BCUT2D eigenvalue weighted by Crippen LogP contribution is 2.22. The largest absolute Gasteiger partial charge is 0.497 e. The fraction of sp³-hybridized carbons (Fsp3) is 0.143. The molecule has 19 heavy (non-hydrogen) atoms. The van der Waals surface area contributed by atoms with Crippen molar-refractivity contribution >= 4 is 16.9 Å². The second-order valence-electron chi connectivity index (χ2n) is 4.21. The van der Waals surface area contributed by atoms with Gasteiger partial charge >= 0.3 is 0 Å². The second-order valence-corrected chi connectivity index (χ2v) is 4.21. The molecule has 5 heteroatoms. The number of hydrogen-bond donors (Lipinski definition) is 1. The molecule has 0 fully saturated rings. The number of pyridine rings is 1. The van der Waals surface area contributed by atoms with Crippen LogP contribution in [0.3, 0.4) is 0 Å². The van der Waals surface area contributed by atoms with Crippen LogP contribution in [0.15, 0.2) is 40.9 Å². The summed E-state index contributed by atoms with van der Waals surface area (Å²) in [5.41, 5.74) is 8.10. The molecule has 0 aliphatic rings. The molecule has 2 heterocycles. The van der Waals surface area contributed by atoms with Gasteiger partial charge in [0.1, 0.15) is 17.1 Å². The Bertz CT molecular complexity index is 704. The summed E-state index contributed by atoms with van der Waals surface area (Å²) in [6.07, 6.45) is 2.31. The van der Waals surface area contributed by atoms with Crippen LogP contribution in [0, 0.1) is 0 Å². The number of nitrogens with two attached hydrogens (primary N) is 1. The first-order valence-electron chi connectivity index (χ1n) is 5.88. The molecule has 3 rings (SSSR count). The van der Waals surface area contributed by atoms with Gasteiger partial charge in [-0.1, -0.05) is 6.07 Å². The third-order valence-electron chi connectivity index (χ3n) is 2.84. The van der Waals surface area contributed by atoms with Crippen LogP contribution in [0.1, 0.15) is 11.5 Å². The van der Waals surface area contributed by atoms with Crippen molar-refractivity contribution in [1.29, 1.82) is 0 Å². The van der Waals surface area contributed by atoms with Crippen LogP contribution < -0.4 is 10.5 Å². The lowest BCUT2D eigenvalue weighted by molar-refractivity contribution is 0.414. The van der Waals surface area contributed by atoms with E-state index in [4.69, 9.17) is 14.9 Å². The SMILES string of the molecule is COc1ccc2nc(Cc3ccc(N)nc3)oc2c1. The molecule has 5 nitrogen and oxygen atoms in total. The molecular weight excluding hydrogens is 242 g/mol. The maximum absolute atomic E-state index is 5.69. The van der Waals surface area contributed by atoms with Crippen molar-refractivity contribution in [3.8, 4) is 5.75 Å². The minimum absolute atomic E-state index is 0.506. The van der Waals surface area contributed by atoms with Gasteiger partial charge in [-0.2, -0.15) is 0 Å². The number of aromatic nitrogens is 2. The smallest absolute Gasteiger partial charge is 0.199 e. The van der Waals surface area contributed by atoms with E-state index in [1.165, 1.54) is 0 Å². The van der Waals surface area contributed by atoms with Crippen molar-refractivity contribution in [3.63, 3.8) is 0 Å². The molecule has 0 saturated heterocycles. The summed E-state index contributed by atoms with van der Waals surface area (Å²) in [6.45, 7) is 0. The first-order valence-corrected chi connectivity index (χ1v) is 5.88. The topological polar surface area (TPSA) is 74.2 Å². The molecule has 3 aromatic rings. The number of anilines is 1. The zero-order valence-corrected chi connectivity index (χ0v) is 10.5. The summed E-state index contributed by atoms with van der Waals surface area (Å²) in [5.74, 6) is 1.91. The molecule has 0 atom stereocenters. The van der Waals surface area contributed by atoms with Gasteiger partial charge in [-0.25, -0.2) is 9.97 Å². The van der Waals surface area contributed by atoms with Crippen molar-refractivity contribution in [2.75, 3.05) is 12.8 Å². The van der Waals surface area contributed by atoms with Crippen molar-refractivity contribution < 1.29 is 9.15 Å². The van der Waals surface area contributed by atoms with Gasteiger partial charge in [0.05, 0.1) is 13.5 Å². The molecule has 0 aliphatic carbocycles. The average Bonchev–Trinajstić information content (AvgIpc) is 2.82. The molecule has 0 aliphatic heterocycles. The number of benzene rings is 1. The summed E-state index contributed by atoms with van der Waals surface area (Å²) in [5, 5.41) is 0. The Morgan fingerprint density at radius 1 is 1.26 bits per heavy atom. The van der Waals surface area contributed by atoms with Crippen LogP contribution in [0.25, 0.3) is 11.1 Å². The number of hydrogen-bond acceptors (Lipinski definition) is 5. The molecule has 2 aromatic heterocycles. The standard InChI is InChI=1S/C14H13N3O2/c1-18-10-3-4-11-12(7-10)19-14(17-11)6-9-2-5-13(15)16-8-9/h2-5,7-8H,6H2,1H3,(H2,15,16). The van der Waals surface area contributed by atoms with Gasteiger partial charge < -0.3 is 14.9 Å². The first kappa shape index (κ1) is 11.5. The van der Waals surface area contributed by atoms with Crippen molar-refractivity contribution in [2.45, 2.75) is 6.42 Å². The fourth-order valence-corrected chi connectivity index (χ4v) is 1.87. The molecule has 0 saturated carbocycles. The number of nitrogens with zero attached hydrogens (tertiary/aromatic N) is 2. The molecule has 0 bridgehead atoms. The van der Waals surface area contributed by atoms with Gasteiger partial charge in [-0.3, -0.25) is 0 Å². The number of nitrogen functional groups attached to an aromatic ring is 1. The third-order valence-corrected chi connectivity index (χ3v) is 2.84. The zero-order valence-electron chi connectivity index (χ0n) is 10.5. The first-order chi connectivity index (χ1) is 9.24. The van der Waals surface area contributed by atoms with E-state index in [2.05, 4.69) is 9.97 Å². The molecule has 1 aromatic carbocycles. The maximum atomic E-state index is 5.69. The van der Waals surface area contributed by atoms with Crippen molar-refractivity contribution in [3.05, 3.63) is 48.0 Å². The quantitative estimate of drug-likeness (QED) is 0.777. The number of methoxy groups -OCH3 is 1. The molecule has 0 unspecified atom stereocenters. The van der Waals surface area contributed by atoms with Crippen LogP contribution in [-0.4, -0.2) is 17.1 Å². The van der Waals surface area contributed by atoms with E-state index in [1.54, 1.807) is 19.4 Å². The highest BCUT2D eigenvalue weighted by molar-refractivity contribution is 5.74. The Morgan fingerprint density at radius 3 is 2.89 bits per heavy atom. The molecule has 0 spiro atoms. The Hall–Kier alpha value is -2.56. The summed E-state index contributed by atoms with van der Waals surface area (Å²) in [6, 6.07) is 9.24. The number of fused-ring (bicyclic) bond motifs is 1. The van der Waals surface area contributed by atoms with Gasteiger partial charge in [0.25, 0.3) is 0 Å². The Morgan fingerprint density at radius 2 is 2.16 bits per heavy atom. The zero-order chi connectivity index (χ0) is 13.2. The van der Waals surface area contributed by atoms with E-state index in [0.717, 1.165) is 22.4 Å². The van der Waals surface area contributed by atoms with E-state index >= 15 is 0 Å². The predicted octanol–water partition coefficient (Wildman–Crippen LogP) is 2.40. The number of ether oxygens (including phenoxy) is 1. The van der Waals surface area contributed by atoms with E-state index < -0.39 is 0 Å². The normalized spacial score (nSPS) is 10.8. The van der Waals surface area contributed by atoms with Crippen LogP contribution in [0.2, 0.25) is 0 Å². The van der Waals surface area contributed by atoms with Crippen LogP contribution in [0.4, 0.5) is 5.82 Å². The summed E-state index contributed by atoms with van der Waals surface area (Å²) in [7, 11) is 1.62. The number of rotatable bonds is 3. The van der Waals surface area contributed by atoms with E-state index in [1.807, 2.05) is 24.3 Å². The van der Waals surface area contributed by atoms with Crippen molar-refractivity contribution in [2.24, 2.45) is 0 Å². The van der Waals surface area contributed by atoms with Gasteiger partial charge in [0.15, 0.2) is 11.5 Å². The number of oxazole rings is 1. The highest BCUT2D eigenvalue weighted by Gasteiger charge is 2.07. The third kappa shape index (κ3) is 2.35. The molecule has 96 valence electrons. The Labute approximate surface area is 110 Å². The van der Waals surface area contributed by atoms with Crippen molar-refractivity contribution in [1.82, 2.24) is 9.97 Å². The summed E-state index contributed by atoms with van der Waals surface area (Å²) < 4.78 is 10.8. The lowest BCUT2D eigenvalue weighted by Gasteiger charge is -1.97. The fourth-order valence-electron chi connectivity index (χ4n) is 1.87. The van der Waals surface area contributed by atoms with Gasteiger partial charge in [-0.15, -0.1) is 0 Å². The van der Waals surface area contributed by atoms with Gasteiger partial charge in [0.2, 0.25) is 0 Å². The molecular formula is C14H13N3O2. The highest BCUT2D eigenvalue weighted by atomic mass is 16.5. The lowest BCUT2D eigenvalue weighted by atomic mass is 10.2. The summed E-state index contributed by atoms with van der Waals surface area (Å²) >= 11 is 0. The predicted molar refractivity (Wildman–Crippen MR) is 72.0 cm³/mol. The Kier molecular flexibility index (Phi) is 2.79. The van der Waals surface area contributed by atoms with Crippen LogP contribution in [-0.2, 0) is 6.42 Å². The molecule has 0 radical (unpaired) electrons. The molecule has 0 amide bonds. The van der Waals surface area contributed by atoms with Gasteiger partial charge in [-0.05, 0) is 23.8 Å². The van der Waals surface area contributed by atoms with Gasteiger partial charge in [0, 0.05) is 12.3 Å².